The van der Waals surface area contributed by atoms with Crippen molar-refractivity contribution in [3.8, 4) is 0 Å². The summed E-state index contributed by atoms with van der Waals surface area (Å²) in [6.45, 7) is 6.37. The predicted molar refractivity (Wildman–Crippen MR) is 71.2 cm³/mol. The van der Waals surface area contributed by atoms with Crippen LogP contribution in [0.15, 0.2) is 11.4 Å². The van der Waals surface area contributed by atoms with Crippen molar-refractivity contribution in [1.29, 1.82) is 0 Å². The maximum absolute atomic E-state index is 12.0. The van der Waals surface area contributed by atoms with Crippen LogP contribution in [0, 0.1) is 0 Å². The maximum Gasteiger partial charge on any atom is 0.236 e. The van der Waals surface area contributed by atoms with Crippen LogP contribution in [0.4, 0.5) is 0 Å². The van der Waals surface area contributed by atoms with Crippen LogP contribution >= 0.6 is 11.3 Å². The predicted octanol–water partition coefficient (Wildman–Crippen LogP) is 2.02. The number of carbonyl (C=O) groups excluding carboxylic acids is 1. The minimum absolute atomic E-state index is 0.224. The lowest BCUT2D eigenvalue weighted by molar-refractivity contribution is -0.131. The lowest BCUT2D eigenvalue weighted by atomic mass is 10.1. The number of amides is 1. The number of hydrogen-bond donors (Lipinski definition) is 1. The maximum atomic E-state index is 12.0. The van der Waals surface area contributed by atoms with Gasteiger partial charge in [0.05, 0.1) is 6.54 Å². The quantitative estimate of drug-likeness (QED) is 0.889. The third-order valence-electron chi connectivity index (χ3n) is 3.37. The average Bonchev–Trinajstić information content (AvgIpc) is 2.82. The van der Waals surface area contributed by atoms with Crippen LogP contribution in [0.1, 0.15) is 30.7 Å². The van der Waals surface area contributed by atoms with Crippen molar-refractivity contribution < 1.29 is 4.79 Å². The van der Waals surface area contributed by atoms with E-state index in [0.717, 1.165) is 25.9 Å². The standard InChI is InChI=1S/C13H20N2OS/c1-3-10(2)14-8-13(16)15-6-4-12-11(9-15)5-7-17-12/h5,7,10,14H,3-4,6,8-9H2,1-2H3. The van der Waals surface area contributed by atoms with Gasteiger partial charge in [0, 0.05) is 24.0 Å². The largest absolute Gasteiger partial charge is 0.337 e. The molecule has 3 nitrogen and oxygen atoms in total. The number of hydrogen-bond acceptors (Lipinski definition) is 3. The second kappa shape index (κ2) is 5.65. The molecule has 0 saturated carbocycles. The Kier molecular flexibility index (Phi) is 4.18. The molecule has 1 aliphatic rings. The molecule has 1 aromatic rings. The van der Waals surface area contributed by atoms with E-state index in [4.69, 9.17) is 0 Å². The zero-order valence-corrected chi connectivity index (χ0v) is 11.3. The Morgan fingerprint density at radius 2 is 2.47 bits per heavy atom. The molecule has 17 heavy (non-hydrogen) atoms. The molecule has 1 amide bonds. The monoisotopic (exact) mass is 252 g/mol. The Hall–Kier alpha value is -0.870. The molecule has 0 spiro atoms. The van der Waals surface area contributed by atoms with E-state index in [1.54, 1.807) is 0 Å². The van der Waals surface area contributed by atoms with E-state index < -0.39 is 0 Å². The minimum atomic E-state index is 0.224. The SMILES string of the molecule is CCC(C)NCC(=O)N1CCc2sccc2C1. The van der Waals surface area contributed by atoms with Gasteiger partial charge in [0.15, 0.2) is 0 Å². The van der Waals surface area contributed by atoms with Crippen LogP contribution in [0.5, 0.6) is 0 Å². The Labute approximate surface area is 107 Å². The highest BCUT2D eigenvalue weighted by Crippen LogP contribution is 2.23. The third kappa shape index (κ3) is 3.07. The van der Waals surface area contributed by atoms with Crippen LogP contribution in [0.2, 0.25) is 0 Å². The first-order valence-corrected chi connectivity index (χ1v) is 7.15. The summed E-state index contributed by atoms with van der Waals surface area (Å²) in [7, 11) is 0. The fourth-order valence-corrected chi connectivity index (χ4v) is 2.87. The summed E-state index contributed by atoms with van der Waals surface area (Å²) in [6, 6.07) is 2.56. The van der Waals surface area contributed by atoms with Crippen LogP contribution in [-0.4, -0.2) is 29.9 Å². The Bertz CT molecular complexity index is 389. The van der Waals surface area contributed by atoms with E-state index in [0.29, 0.717) is 12.6 Å². The molecule has 1 aromatic heterocycles. The molecule has 2 heterocycles. The Morgan fingerprint density at radius 1 is 1.65 bits per heavy atom. The first kappa shape index (κ1) is 12.6. The number of nitrogens with one attached hydrogen (secondary N) is 1. The van der Waals surface area contributed by atoms with Crippen LogP contribution < -0.4 is 5.32 Å². The number of thiophene rings is 1. The summed E-state index contributed by atoms with van der Waals surface area (Å²) in [5.41, 5.74) is 1.33. The summed E-state index contributed by atoms with van der Waals surface area (Å²) in [5.74, 6) is 0.224. The molecule has 1 atom stereocenters. The van der Waals surface area contributed by atoms with Crippen molar-refractivity contribution in [2.24, 2.45) is 0 Å². The Balaban J connectivity index is 1.86. The lowest BCUT2D eigenvalue weighted by Crippen LogP contribution is -2.42. The fraction of sp³-hybridized carbons (Fsp3) is 0.615. The van der Waals surface area contributed by atoms with Crippen molar-refractivity contribution in [3.63, 3.8) is 0 Å². The van der Waals surface area contributed by atoms with Gasteiger partial charge in [-0.25, -0.2) is 0 Å². The summed E-state index contributed by atoms with van der Waals surface area (Å²) in [6.07, 6.45) is 2.07. The van der Waals surface area contributed by atoms with E-state index in [1.807, 2.05) is 16.2 Å². The van der Waals surface area contributed by atoms with Crippen LogP contribution in [-0.2, 0) is 17.8 Å². The highest BCUT2D eigenvalue weighted by Gasteiger charge is 2.21. The molecule has 1 unspecified atom stereocenters. The molecule has 4 heteroatoms. The van der Waals surface area contributed by atoms with Gasteiger partial charge in [-0.2, -0.15) is 0 Å². The smallest absolute Gasteiger partial charge is 0.236 e. The third-order valence-corrected chi connectivity index (χ3v) is 4.40. The molecule has 0 radical (unpaired) electrons. The van der Waals surface area contributed by atoms with Gasteiger partial charge >= 0.3 is 0 Å². The normalized spacial score (nSPS) is 16.7. The molecule has 0 bridgehead atoms. The highest BCUT2D eigenvalue weighted by molar-refractivity contribution is 7.10. The molecule has 1 N–H and O–H groups in total. The van der Waals surface area contributed by atoms with Crippen molar-refractivity contribution in [2.75, 3.05) is 13.1 Å². The number of rotatable bonds is 4. The molecule has 0 aliphatic carbocycles. The molecule has 2 rings (SSSR count). The van der Waals surface area contributed by atoms with E-state index >= 15 is 0 Å². The van der Waals surface area contributed by atoms with Gasteiger partial charge in [-0.3, -0.25) is 4.79 Å². The van der Waals surface area contributed by atoms with E-state index in [1.165, 1.54) is 10.4 Å². The second-order valence-electron chi connectivity index (χ2n) is 4.62. The lowest BCUT2D eigenvalue weighted by Gasteiger charge is -2.27. The molecular formula is C13H20N2OS. The zero-order chi connectivity index (χ0) is 12.3. The molecule has 0 fully saturated rings. The van der Waals surface area contributed by atoms with E-state index in [9.17, 15) is 4.79 Å². The molecular weight excluding hydrogens is 232 g/mol. The van der Waals surface area contributed by atoms with Crippen LogP contribution in [0.25, 0.3) is 0 Å². The summed E-state index contributed by atoms with van der Waals surface area (Å²) >= 11 is 1.81. The summed E-state index contributed by atoms with van der Waals surface area (Å²) in [5, 5.41) is 5.38. The molecule has 0 saturated heterocycles. The van der Waals surface area contributed by atoms with Gasteiger partial charge in [-0.15, -0.1) is 11.3 Å². The van der Waals surface area contributed by atoms with Gasteiger partial charge < -0.3 is 10.2 Å². The van der Waals surface area contributed by atoms with Crippen LogP contribution in [0.3, 0.4) is 0 Å². The van der Waals surface area contributed by atoms with E-state index in [-0.39, 0.29) is 5.91 Å². The first-order valence-electron chi connectivity index (χ1n) is 6.27. The highest BCUT2D eigenvalue weighted by atomic mass is 32.1. The van der Waals surface area contributed by atoms with Gasteiger partial charge in [-0.05, 0) is 36.8 Å². The Morgan fingerprint density at radius 3 is 3.24 bits per heavy atom. The summed E-state index contributed by atoms with van der Waals surface area (Å²) < 4.78 is 0. The summed E-state index contributed by atoms with van der Waals surface area (Å²) in [4.78, 5) is 15.4. The van der Waals surface area contributed by atoms with Crippen molar-refractivity contribution >= 4 is 17.2 Å². The molecule has 94 valence electrons. The van der Waals surface area contributed by atoms with Crippen molar-refractivity contribution in [3.05, 3.63) is 21.9 Å². The fourth-order valence-electron chi connectivity index (χ4n) is 1.98. The van der Waals surface area contributed by atoms with Gasteiger partial charge in [0.1, 0.15) is 0 Å². The van der Waals surface area contributed by atoms with Gasteiger partial charge in [0.2, 0.25) is 5.91 Å². The topological polar surface area (TPSA) is 32.3 Å². The minimum Gasteiger partial charge on any atom is -0.337 e. The molecule has 0 aromatic carbocycles. The number of nitrogens with zero attached hydrogens (tertiary/aromatic N) is 1. The van der Waals surface area contributed by atoms with E-state index in [2.05, 4.69) is 30.6 Å². The molecule has 1 aliphatic heterocycles. The average molecular weight is 252 g/mol. The first-order chi connectivity index (χ1) is 8.20. The van der Waals surface area contributed by atoms with Crippen molar-refractivity contribution in [1.82, 2.24) is 10.2 Å². The second-order valence-corrected chi connectivity index (χ2v) is 5.63. The number of fused-ring (bicyclic) bond motifs is 1. The number of carbonyl (C=O) groups is 1. The van der Waals surface area contributed by atoms with Gasteiger partial charge in [-0.1, -0.05) is 6.92 Å². The zero-order valence-electron chi connectivity index (χ0n) is 10.5. The van der Waals surface area contributed by atoms with Crippen molar-refractivity contribution in [2.45, 2.75) is 39.3 Å². The van der Waals surface area contributed by atoms with Gasteiger partial charge in [0.25, 0.3) is 0 Å².